The maximum Gasteiger partial charge on any atom is 0.407 e. The fourth-order valence-electron chi connectivity index (χ4n) is 4.88. The molecule has 0 spiro atoms. The number of fused-ring (bicyclic) bond motifs is 1. The van der Waals surface area contributed by atoms with Crippen LogP contribution in [0.2, 0.25) is 0 Å². The minimum Gasteiger partial charge on any atom is -0.444 e. The van der Waals surface area contributed by atoms with Gasteiger partial charge in [0.2, 0.25) is 0 Å². The Morgan fingerprint density at radius 2 is 1.78 bits per heavy atom. The third kappa shape index (κ3) is 5.97. The van der Waals surface area contributed by atoms with Crippen LogP contribution in [-0.4, -0.2) is 34.5 Å². The molecule has 2 aromatic heterocycles. The SMILES string of the molecule is C#Cc1ccc(-c2ccc3ncc(C(=O)C4CC4)c(N[C@H]4CC[C@H](NC(=O)OC(C)(C)C)CC4)c3c2)s1. The lowest BCUT2D eigenvalue weighted by molar-refractivity contribution is 0.0492. The van der Waals surface area contributed by atoms with E-state index in [0.29, 0.717) is 5.56 Å². The molecule has 2 aliphatic rings. The van der Waals surface area contributed by atoms with Gasteiger partial charge in [0.05, 0.1) is 21.6 Å². The quantitative estimate of drug-likeness (QED) is 0.279. The summed E-state index contributed by atoms with van der Waals surface area (Å²) in [6, 6.07) is 10.5. The highest BCUT2D eigenvalue weighted by molar-refractivity contribution is 7.16. The van der Waals surface area contributed by atoms with Gasteiger partial charge in [-0.1, -0.05) is 12.0 Å². The molecule has 37 heavy (non-hydrogen) atoms. The number of ether oxygens (including phenoxy) is 1. The Labute approximate surface area is 222 Å². The smallest absolute Gasteiger partial charge is 0.407 e. The average molecular weight is 516 g/mol. The molecule has 0 unspecified atom stereocenters. The normalized spacial score (nSPS) is 19.7. The van der Waals surface area contributed by atoms with Crippen LogP contribution in [-0.2, 0) is 4.74 Å². The zero-order valence-electron chi connectivity index (χ0n) is 21.6. The number of amides is 1. The summed E-state index contributed by atoms with van der Waals surface area (Å²) in [7, 11) is 0. The van der Waals surface area contributed by atoms with E-state index in [4.69, 9.17) is 11.2 Å². The molecule has 0 radical (unpaired) electrons. The molecule has 2 aliphatic carbocycles. The first-order valence-electron chi connectivity index (χ1n) is 13.0. The summed E-state index contributed by atoms with van der Waals surface area (Å²) in [4.78, 5) is 32.1. The van der Waals surface area contributed by atoms with E-state index in [1.165, 1.54) is 0 Å². The van der Waals surface area contributed by atoms with E-state index in [0.717, 1.165) is 70.4 Å². The van der Waals surface area contributed by atoms with Gasteiger partial charge in [-0.3, -0.25) is 9.78 Å². The second kappa shape index (κ2) is 10.2. The number of carbonyl (C=O) groups is 2. The number of alkyl carbamates (subject to hydrolysis) is 1. The van der Waals surface area contributed by atoms with Crippen LogP contribution in [0.15, 0.2) is 36.5 Å². The van der Waals surface area contributed by atoms with Crippen molar-refractivity contribution in [1.29, 1.82) is 0 Å². The van der Waals surface area contributed by atoms with Gasteiger partial charge in [0, 0.05) is 34.5 Å². The summed E-state index contributed by atoms with van der Waals surface area (Å²) >= 11 is 1.58. The van der Waals surface area contributed by atoms with Crippen molar-refractivity contribution in [3.8, 4) is 22.8 Å². The number of pyridine rings is 1. The Balaban J connectivity index is 1.39. The van der Waals surface area contributed by atoms with Crippen molar-refractivity contribution < 1.29 is 14.3 Å². The van der Waals surface area contributed by atoms with Crippen molar-refractivity contribution >= 4 is 39.8 Å². The van der Waals surface area contributed by atoms with E-state index in [1.54, 1.807) is 17.5 Å². The van der Waals surface area contributed by atoms with Gasteiger partial charge in [-0.15, -0.1) is 17.8 Å². The summed E-state index contributed by atoms with van der Waals surface area (Å²) in [5, 5.41) is 7.69. The molecule has 3 aromatic rings. The molecule has 1 aromatic carbocycles. The van der Waals surface area contributed by atoms with Crippen molar-refractivity contribution in [2.45, 2.75) is 77.0 Å². The monoisotopic (exact) mass is 515 g/mol. The first-order chi connectivity index (χ1) is 17.7. The molecule has 2 heterocycles. The zero-order valence-corrected chi connectivity index (χ0v) is 22.4. The summed E-state index contributed by atoms with van der Waals surface area (Å²) in [6.45, 7) is 5.60. The van der Waals surface area contributed by atoms with E-state index < -0.39 is 5.60 Å². The van der Waals surface area contributed by atoms with E-state index in [-0.39, 0.29) is 29.9 Å². The molecule has 0 atom stereocenters. The van der Waals surface area contributed by atoms with E-state index >= 15 is 0 Å². The number of ketones is 1. The van der Waals surface area contributed by atoms with Gasteiger partial charge in [-0.2, -0.15) is 0 Å². The number of hydrogen-bond donors (Lipinski definition) is 2. The molecule has 6 nitrogen and oxygen atoms in total. The topological polar surface area (TPSA) is 80.3 Å². The van der Waals surface area contributed by atoms with Gasteiger partial charge >= 0.3 is 6.09 Å². The maximum atomic E-state index is 13.2. The first kappa shape index (κ1) is 25.3. The summed E-state index contributed by atoms with van der Waals surface area (Å²) in [5.74, 6) is 2.98. The predicted octanol–water partition coefficient (Wildman–Crippen LogP) is 6.79. The summed E-state index contributed by atoms with van der Waals surface area (Å²) in [5.41, 5.74) is 2.95. The van der Waals surface area contributed by atoms with Crippen LogP contribution in [0.1, 0.15) is 74.5 Å². The van der Waals surface area contributed by atoms with Crippen LogP contribution in [0.3, 0.4) is 0 Å². The molecule has 2 saturated carbocycles. The Morgan fingerprint density at radius 3 is 2.43 bits per heavy atom. The molecule has 192 valence electrons. The number of benzene rings is 1. The van der Waals surface area contributed by atoms with Crippen LogP contribution >= 0.6 is 11.3 Å². The number of nitrogens with zero attached hydrogens (tertiary/aromatic N) is 1. The van der Waals surface area contributed by atoms with Crippen LogP contribution < -0.4 is 10.6 Å². The average Bonchev–Trinajstić information content (AvgIpc) is 3.60. The van der Waals surface area contributed by atoms with Gasteiger partial charge in [0.25, 0.3) is 0 Å². The summed E-state index contributed by atoms with van der Waals surface area (Å²) in [6.07, 6.45) is 12.3. The Bertz CT molecular complexity index is 1370. The number of terminal acetylenes is 1. The minimum atomic E-state index is -0.514. The largest absolute Gasteiger partial charge is 0.444 e. The number of hydrogen-bond acceptors (Lipinski definition) is 6. The van der Waals surface area contributed by atoms with Gasteiger partial charge in [-0.05, 0) is 89.1 Å². The van der Waals surface area contributed by atoms with Crippen molar-refractivity contribution in [2.24, 2.45) is 5.92 Å². The van der Waals surface area contributed by atoms with Crippen molar-refractivity contribution in [3.05, 3.63) is 47.0 Å². The number of rotatable bonds is 6. The molecular weight excluding hydrogens is 482 g/mol. The van der Waals surface area contributed by atoms with Crippen molar-refractivity contribution in [2.75, 3.05) is 5.32 Å². The molecule has 2 N–H and O–H groups in total. The third-order valence-corrected chi connectivity index (χ3v) is 7.98. The Morgan fingerprint density at radius 1 is 1.05 bits per heavy atom. The molecular formula is C30H33N3O3S. The van der Waals surface area contributed by atoms with Gasteiger partial charge in [0.15, 0.2) is 5.78 Å². The molecule has 5 rings (SSSR count). The fourth-order valence-corrected chi connectivity index (χ4v) is 5.70. The number of Topliss-reactive ketones (excluding diaryl/α,β-unsaturated/α-hetero) is 1. The molecule has 7 heteroatoms. The van der Waals surface area contributed by atoms with Crippen molar-refractivity contribution in [1.82, 2.24) is 10.3 Å². The third-order valence-electron chi connectivity index (χ3n) is 6.91. The van der Waals surface area contributed by atoms with Crippen LogP contribution in [0.5, 0.6) is 0 Å². The highest BCUT2D eigenvalue weighted by atomic mass is 32.1. The van der Waals surface area contributed by atoms with E-state index in [2.05, 4.69) is 33.7 Å². The zero-order chi connectivity index (χ0) is 26.2. The lowest BCUT2D eigenvalue weighted by atomic mass is 9.90. The molecule has 0 aliphatic heterocycles. The number of thiophene rings is 1. The predicted molar refractivity (Wildman–Crippen MR) is 149 cm³/mol. The number of carbonyl (C=O) groups excluding carboxylic acids is 2. The first-order valence-corrected chi connectivity index (χ1v) is 13.8. The highest BCUT2D eigenvalue weighted by Crippen LogP contribution is 2.39. The highest BCUT2D eigenvalue weighted by Gasteiger charge is 2.33. The second-order valence-corrected chi connectivity index (χ2v) is 12.1. The van der Waals surface area contributed by atoms with E-state index in [9.17, 15) is 9.59 Å². The molecule has 1 amide bonds. The van der Waals surface area contributed by atoms with Crippen LogP contribution in [0.25, 0.3) is 21.3 Å². The lowest BCUT2D eigenvalue weighted by Gasteiger charge is -2.31. The van der Waals surface area contributed by atoms with E-state index in [1.807, 2.05) is 39.0 Å². The number of aromatic nitrogens is 1. The van der Waals surface area contributed by atoms with Crippen LogP contribution in [0, 0.1) is 18.3 Å². The second-order valence-electron chi connectivity index (χ2n) is 11.1. The fraction of sp³-hybridized carbons (Fsp3) is 0.433. The minimum absolute atomic E-state index is 0.0884. The van der Waals surface area contributed by atoms with Gasteiger partial charge < -0.3 is 15.4 Å². The van der Waals surface area contributed by atoms with Gasteiger partial charge in [0.1, 0.15) is 5.60 Å². The number of nitrogens with one attached hydrogen (secondary N) is 2. The lowest BCUT2D eigenvalue weighted by Crippen LogP contribution is -2.42. The van der Waals surface area contributed by atoms with Gasteiger partial charge in [-0.25, -0.2) is 4.79 Å². The van der Waals surface area contributed by atoms with Crippen molar-refractivity contribution in [3.63, 3.8) is 0 Å². The Hall–Kier alpha value is -3.37. The summed E-state index contributed by atoms with van der Waals surface area (Å²) < 4.78 is 5.42. The van der Waals surface area contributed by atoms with Crippen LogP contribution in [0.4, 0.5) is 10.5 Å². The Kier molecular flexibility index (Phi) is 6.96. The standard InChI is InChI=1S/C30H33N3O3S/c1-5-22-13-15-26(37-22)19-8-14-25-23(16-19)27(24(17-31-25)28(34)18-6-7-18)32-20-9-11-21(12-10-20)33-29(35)36-30(2,3)4/h1,8,13-18,20-21H,6-7,9-12H2,2-4H3,(H,31,32)(H,33,35)/t20-,21-. The maximum absolute atomic E-state index is 13.2. The molecule has 0 bridgehead atoms. The number of anilines is 1. The molecule has 0 saturated heterocycles. The molecule has 2 fully saturated rings.